The van der Waals surface area contributed by atoms with Crippen LogP contribution in [0.3, 0.4) is 0 Å². The molecule has 0 spiro atoms. The molecule has 0 N–H and O–H groups in total. The van der Waals surface area contributed by atoms with Crippen molar-refractivity contribution in [2.45, 2.75) is 13.0 Å². The van der Waals surface area contributed by atoms with Gasteiger partial charge >= 0.3 is 6.09 Å². The van der Waals surface area contributed by atoms with Crippen LogP contribution in [0.4, 0.5) is 4.79 Å². The number of hydrogen-bond acceptors (Lipinski definition) is 2. The van der Waals surface area contributed by atoms with Crippen LogP contribution in [0, 0.1) is 0 Å². The number of amides is 1. The molecule has 0 unspecified atom stereocenters. The fourth-order valence-electron chi connectivity index (χ4n) is 0.914. The first-order valence-corrected chi connectivity index (χ1v) is 3.36. The Bertz CT molecular complexity index is 156. The predicted octanol–water partition coefficient (Wildman–Crippen LogP) is 1.01. The minimum Gasteiger partial charge on any atom is -0.440 e. The Kier molecular flexibility index (Phi) is 1.94. The number of carbonyl (C=O) groups is 1. The molecule has 1 fully saturated rings. The van der Waals surface area contributed by atoms with E-state index in [-0.39, 0.29) is 12.2 Å². The van der Waals surface area contributed by atoms with Crippen molar-refractivity contribution >= 4 is 6.09 Å². The first kappa shape index (κ1) is 7.12. The molecule has 1 heterocycles. The van der Waals surface area contributed by atoms with Gasteiger partial charge in [-0.1, -0.05) is 6.58 Å². The van der Waals surface area contributed by atoms with Crippen LogP contribution in [-0.4, -0.2) is 30.2 Å². The van der Waals surface area contributed by atoms with Gasteiger partial charge in [-0.3, -0.25) is 0 Å². The van der Waals surface area contributed by atoms with Gasteiger partial charge in [-0.05, 0) is 13.0 Å². The van der Waals surface area contributed by atoms with Crippen LogP contribution >= 0.6 is 0 Å². The Labute approximate surface area is 60.3 Å². The van der Waals surface area contributed by atoms with Crippen LogP contribution in [0.15, 0.2) is 12.7 Å². The molecule has 0 aromatic heterocycles. The van der Waals surface area contributed by atoms with E-state index in [4.69, 9.17) is 4.74 Å². The molecule has 1 aliphatic heterocycles. The molecule has 0 radical (unpaired) electrons. The van der Waals surface area contributed by atoms with Gasteiger partial charge in [0.1, 0.15) is 6.10 Å². The van der Waals surface area contributed by atoms with E-state index in [0.717, 1.165) is 0 Å². The number of cyclic esters (lactones) is 1. The van der Waals surface area contributed by atoms with Crippen molar-refractivity contribution in [3.05, 3.63) is 12.7 Å². The molecule has 0 aliphatic carbocycles. The molecular formula is C7H11NO2. The highest BCUT2D eigenvalue weighted by Gasteiger charge is 2.27. The Morgan fingerprint density at radius 2 is 2.70 bits per heavy atom. The summed E-state index contributed by atoms with van der Waals surface area (Å²) in [5.74, 6) is 0. The second kappa shape index (κ2) is 2.73. The maximum atomic E-state index is 10.8. The minimum atomic E-state index is -0.229. The maximum Gasteiger partial charge on any atom is 0.410 e. The highest BCUT2D eigenvalue weighted by Crippen LogP contribution is 2.10. The van der Waals surface area contributed by atoms with Crippen molar-refractivity contribution in [3.63, 3.8) is 0 Å². The smallest absolute Gasteiger partial charge is 0.410 e. The SMILES string of the molecule is C=C[C@@H]1CN(CC)C(=O)O1. The van der Waals surface area contributed by atoms with Gasteiger partial charge in [0, 0.05) is 6.54 Å². The summed E-state index contributed by atoms with van der Waals surface area (Å²) in [7, 11) is 0. The molecule has 1 amide bonds. The van der Waals surface area contributed by atoms with Gasteiger partial charge in [0.15, 0.2) is 0 Å². The third-order valence-electron chi connectivity index (χ3n) is 1.56. The van der Waals surface area contributed by atoms with E-state index in [2.05, 4.69) is 6.58 Å². The molecule has 3 nitrogen and oxygen atoms in total. The quantitative estimate of drug-likeness (QED) is 0.537. The molecule has 0 aromatic carbocycles. The lowest BCUT2D eigenvalue weighted by molar-refractivity contribution is 0.146. The van der Waals surface area contributed by atoms with E-state index in [9.17, 15) is 4.79 Å². The molecule has 0 bridgehead atoms. The lowest BCUT2D eigenvalue weighted by Gasteiger charge is -2.06. The van der Waals surface area contributed by atoms with Crippen LogP contribution < -0.4 is 0 Å². The molecule has 10 heavy (non-hydrogen) atoms. The summed E-state index contributed by atoms with van der Waals surface area (Å²) in [6.07, 6.45) is 1.31. The largest absolute Gasteiger partial charge is 0.440 e. The molecule has 0 aromatic rings. The maximum absolute atomic E-state index is 10.8. The third kappa shape index (κ3) is 1.12. The Morgan fingerprint density at radius 1 is 2.00 bits per heavy atom. The number of rotatable bonds is 2. The zero-order valence-electron chi connectivity index (χ0n) is 6.04. The fourth-order valence-corrected chi connectivity index (χ4v) is 0.914. The Balaban J connectivity index is 2.51. The van der Waals surface area contributed by atoms with Crippen molar-refractivity contribution in [3.8, 4) is 0 Å². The van der Waals surface area contributed by atoms with E-state index in [0.29, 0.717) is 13.1 Å². The lowest BCUT2D eigenvalue weighted by atomic mass is 10.3. The highest BCUT2D eigenvalue weighted by atomic mass is 16.6. The fraction of sp³-hybridized carbons (Fsp3) is 0.571. The summed E-state index contributed by atoms with van der Waals surface area (Å²) >= 11 is 0. The van der Waals surface area contributed by atoms with E-state index >= 15 is 0 Å². The normalized spacial score (nSPS) is 24.7. The van der Waals surface area contributed by atoms with Crippen molar-refractivity contribution in [1.29, 1.82) is 0 Å². The van der Waals surface area contributed by atoms with Crippen molar-refractivity contribution in [1.82, 2.24) is 4.90 Å². The zero-order valence-corrected chi connectivity index (χ0v) is 6.04. The van der Waals surface area contributed by atoms with Gasteiger partial charge < -0.3 is 9.64 Å². The van der Waals surface area contributed by atoms with Crippen LogP contribution in [-0.2, 0) is 4.74 Å². The van der Waals surface area contributed by atoms with E-state index in [1.807, 2.05) is 6.92 Å². The number of carbonyl (C=O) groups excluding carboxylic acids is 1. The average molecular weight is 141 g/mol. The average Bonchev–Trinajstić information content (AvgIpc) is 2.30. The topological polar surface area (TPSA) is 29.5 Å². The van der Waals surface area contributed by atoms with E-state index in [1.165, 1.54) is 0 Å². The van der Waals surface area contributed by atoms with Gasteiger partial charge in [-0.15, -0.1) is 0 Å². The molecule has 1 saturated heterocycles. The number of nitrogens with zero attached hydrogens (tertiary/aromatic N) is 1. The predicted molar refractivity (Wildman–Crippen MR) is 37.7 cm³/mol. The molecule has 1 rings (SSSR count). The molecule has 3 heteroatoms. The first-order valence-electron chi connectivity index (χ1n) is 3.36. The monoisotopic (exact) mass is 141 g/mol. The van der Waals surface area contributed by atoms with Crippen LogP contribution in [0.1, 0.15) is 6.92 Å². The first-order chi connectivity index (χ1) is 4.77. The standard InChI is InChI=1S/C7H11NO2/c1-3-6-5-8(4-2)7(9)10-6/h3,6H,1,4-5H2,2H3/t6-/m1/s1. The summed E-state index contributed by atoms with van der Waals surface area (Å²) < 4.78 is 4.88. The van der Waals surface area contributed by atoms with Gasteiger partial charge in [-0.25, -0.2) is 4.79 Å². The number of likely N-dealkylation sites (N-methyl/N-ethyl adjacent to an activating group) is 1. The van der Waals surface area contributed by atoms with Crippen molar-refractivity contribution in [2.75, 3.05) is 13.1 Å². The summed E-state index contributed by atoms with van der Waals surface area (Å²) in [5, 5.41) is 0. The van der Waals surface area contributed by atoms with Gasteiger partial charge in [0.25, 0.3) is 0 Å². The Morgan fingerprint density at radius 3 is 3.00 bits per heavy atom. The summed E-state index contributed by atoms with van der Waals surface area (Å²) in [6.45, 7) is 6.83. The highest BCUT2D eigenvalue weighted by molar-refractivity contribution is 5.70. The minimum absolute atomic E-state index is 0.104. The van der Waals surface area contributed by atoms with Gasteiger partial charge in [-0.2, -0.15) is 0 Å². The third-order valence-corrected chi connectivity index (χ3v) is 1.56. The molecule has 1 atom stereocenters. The van der Waals surface area contributed by atoms with Crippen molar-refractivity contribution in [2.24, 2.45) is 0 Å². The molecule has 1 aliphatic rings. The molecule has 56 valence electrons. The second-order valence-electron chi connectivity index (χ2n) is 2.20. The van der Waals surface area contributed by atoms with Crippen molar-refractivity contribution < 1.29 is 9.53 Å². The second-order valence-corrected chi connectivity index (χ2v) is 2.20. The number of ether oxygens (including phenoxy) is 1. The van der Waals surface area contributed by atoms with E-state index in [1.54, 1.807) is 11.0 Å². The Hall–Kier alpha value is -0.990. The summed E-state index contributed by atoms with van der Waals surface area (Å²) in [4.78, 5) is 12.5. The lowest BCUT2D eigenvalue weighted by Crippen LogP contribution is -2.23. The summed E-state index contributed by atoms with van der Waals surface area (Å²) in [5.41, 5.74) is 0. The number of hydrogen-bond donors (Lipinski definition) is 0. The summed E-state index contributed by atoms with van der Waals surface area (Å²) in [6, 6.07) is 0. The van der Waals surface area contributed by atoms with E-state index < -0.39 is 0 Å². The van der Waals surface area contributed by atoms with Crippen LogP contribution in [0.2, 0.25) is 0 Å². The van der Waals surface area contributed by atoms with Crippen LogP contribution in [0.5, 0.6) is 0 Å². The van der Waals surface area contributed by atoms with Gasteiger partial charge in [0.05, 0.1) is 6.54 Å². The van der Waals surface area contributed by atoms with Crippen LogP contribution in [0.25, 0.3) is 0 Å². The molecule has 0 saturated carbocycles. The zero-order chi connectivity index (χ0) is 7.56. The molecular weight excluding hydrogens is 130 g/mol. The van der Waals surface area contributed by atoms with Gasteiger partial charge in [0.2, 0.25) is 0 Å².